The van der Waals surface area contributed by atoms with Crippen LogP contribution in [0, 0.1) is 6.92 Å². The molecule has 0 bridgehead atoms. The molecule has 1 unspecified atom stereocenters. The molecule has 0 N–H and O–H groups in total. The highest BCUT2D eigenvalue weighted by Gasteiger charge is 2.17. The number of aryl methyl sites for hydroxylation is 1. The lowest BCUT2D eigenvalue weighted by molar-refractivity contribution is 0.0818. The van der Waals surface area contributed by atoms with Crippen LogP contribution in [-0.2, 0) is 0 Å². The summed E-state index contributed by atoms with van der Waals surface area (Å²) in [6.45, 7) is 3.64. The molecule has 0 saturated heterocycles. The van der Waals surface area contributed by atoms with Gasteiger partial charge in [0.25, 0.3) is 0 Å². The molecule has 2 rings (SSSR count). The fraction of sp³-hybridized carbons (Fsp3) is 0.188. The Kier molecular flexibility index (Phi) is 4.84. The van der Waals surface area contributed by atoms with E-state index in [4.69, 9.17) is 16.3 Å². The van der Waals surface area contributed by atoms with E-state index in [1.54, 1.807) is 31.2 Å². The van der Waals surface area contributed by atoms with Crippen LogP contribution in [0.1, 0.15) is 22.8 Å². The van der Waals surface area contributed by atoms with Gasteiger partial charge in [-0.3, -0.25) is 4.79 Å². The highest BCUT2D eigenvalue weighted by atomic mass is 79.9. The Hall–Kier alpha value is -1.32. The van der Waals surface area contributed by atoms with E-state index < -0.39 is 6.10 Å². The van der Waals surface area contributed by atoms with Crippen LogP contribution in [0.5, 0.6) is 5.75 Å². The summed E-state index contributed by atoms with van der Waals surface area (Å²) in [6.07, 6.45) is -0.545. The van der Waals surface area contributed by atoms with Crippen LogP contribution in [0.3, 0.4) is 0 Å². The maximum absolute atomic E-state index is 12.2. The molecular weight excluding hydrogens is 340 g/mol. The highest BCUT2D eigenvalue weighted by molar-refractivity contribution is 9.10. The summed E-state index contributed by atoms with van der Waals surface area (Å²) in [4.78, 5) is 12.2. The van der Waals surface area contributed by atoms with Crippen LogP contribution in [0.15, 0.2) is 46.9 Å². The number of carbonyl (C=O) groups is 1. The number of hydrogen-bond donors (Lipinski definition) is 0. The van der Waals surface area contributed by atoms with Crippen LogP contribution >= 0.6 is 27.5 Å². The van der Waals surface area contributed by atoms with Crippen LogP contribution in [0.25, 0.3) is 0 Å². The van der Waals surface area contributed by atoms with E-state index >= 15 is 0 Å². The fourth-order valence-electron chi connectivity index (χ4n) is 1.80. The lowest BCUT2D eigenvalue weighted by atomic mass is 10.1. The lowest BCUT2D eigenvalue weighted by Crippen LogP contribution is -2.23. The summed E-state index contributed by atoms with van der Waals surface area (Å²) < 4.78 is 6.62. The standard InChI is InChI=1S/C16H14BrClO2/c1-10-9-14(7-8-15(10)18)20-11(2)16(19)12-3-5-13(17)6-4-12/h3-9,11H,1-2H3. The molecule has 104 valence electrons. The second kappa shape index (κ2) is 6.42. The smallest absolute Gasteiger partial charge is 0.202 e. The summed E-state index contributed by atoms with van der Waals surface area (Å²) in [5.41, 5.74) is 1.55. The molecule has 4 heteroatoms. The van der Waals surface area contributed by atoms with E-state index in [1.165, 1.54) is 0 Å². The van der Waals surface area contributed by atoms with Gasteiger partial charge >= 0.3 is 0 Å². The minimum Gasteiger partial charge on any atom is -0.483 e. The van der Waals surface area contributed by atoms with Gasteiger partial charge in [0.15, 0.2) is 6.10 Å². The summed E-state index contributed by atoms with van der Waals surface area (Å²) in [5.74, 6) is 0.593. The molecule has 2 aromatic rings. The minimum atomic E-state index is -0.545. The number of rotatable bonds is 4. The number of carbonyl (C=O) groups excluding carboxylic acids is 1. The number of benzene rings is 2. The van der Waals surface area contributed by atoms with E-state index in [-0.39, 0.29) is 5.78 Å². The monoisotopic (exact) mass is 352 g/mol. The first kappa shape index (κ1) is 15.1. The van der Waals surface area contributed by atoms with Gasteiger partial charge < -0.3 is 4.74 Å². The van der Waals surface area contributed by atoms with Crippen molar-refractivity contribution in [3.8, 4) is 5.75 Å². The number of ketones is 1. The van der Waals surface area contributed by atoms with Gasteiger partial charge in [-0.2, -0.15) is 0 Å². The van der Waals surface area contributed by atoms with E-state index in [2.05, 4.69) is 15.9 Å². The summed E-state index contributed by atoms with van der Waals surface area (Å²) in [7, 11) is 0. The molecular formula is C16H14BrClO2. The molecule has 0 fully saturated rings. The first-order chi connectivity index (χ1) is 9.47. The summed E-state index contributed by atoms with van der Waals surface area (Å²) >= 11 is 9.31. The van der Waals surface area contributed by atoms with E-state index in [0.29, 0.717) is 16.3 Å². The van der Waals surface area contributed by atoms with E-state index in [0.717, 1.165) is 10.0 Å². The van der Waals surface area contributed by atoms with Gasteiger partial charge in [-0.25, -0.2) is 0 Å². The van der Waals surface area contributed by atoms with Gasteiger partial charge in [-0.1, -0.05) is 39.7 Å². The number of halogens is 2. The van der Waals surface area contributed by atoms with Crippen molar-refractivity contribution in [1.29, 1.82) is 0 Å². The zero-order chi connectivity index (χ0) is 14.7. The Morgan fingerprint density at radius 1 is 1.20 bits per heavy atom. The Bertz CT molecular complexity index is 623. The van der Waals surface area contributed by atoms with Crippen LogP contribution in [0.4, 0.5) is 0 Å². The SMILES string of the molecule is Cc1cc(OC(C)C(=O)c2ccc(Br)cc2)ccc1Cl. The summed E-state index contributed by atoms with van der Waals surface area (Å²) in [5, 5.41) is 0.684. The molecule has 0 aliphatic carbocycles. The van der Waals surface area contributed by atoms with E-state index in [1.807, 2.05) is 25.1 Å². The molecule has 0 amide bonds. The molecule has 0 aliphatic heterocycles. The predicted molar refractivity (Wildman–Crippen MR) is 84.8 cm³/mol. The van der Waals surface area contributed by atoms with Gasteiger partial charge in [0.05, 0.1) is 0 Å². The predicted octanol–water partition coefficient (Wildman–Crippen LogP) is 5.06. The van der Waals surface area contributed by atoms with Crippen molar-refractivity contribution in [2.75, 3.05) is 0 Å². The van der Waals surface area contributed by atoms with Crippen molar-refractivity contribution in [3.63, 3.8) is 0 Å². The number of hydrogen-bond acceptors (Lipinski definition) is 2. The molecule has 1 atom stereocenters. The average Bonchev–Trinajstić information content (AvgIpc) is 2.43. The third kappa shape index (κ3) is 3.62. The molecule has 20 heavy (non-hydrogen) atoms. The molecule has 0 radical (unpaired) electrons. The van der Waals surface area contributed by atoms with Crippen LogP contribution in [0.2, 0.25) is 5.02 Å². The molecule has 0 saturated carbocycles. The molecule has 0 spiro atoms. The van der Waals surface area contributed by atoms with Gasteiger partial charge in [0.2, 0.25) is 5.78 Å². The third-order valence-electron chi connectivity index (χ3n) is 2.94. The fourth-order valence-corrected chi connectivity index (χ4v) is 2.18. The first-order valence-electron chi connectivity index (χ1n) is 6.20. The molecule has 0 aromatic heterocycles. The Balaban J connectivity index is 2.11. The van der Waals surface area contributed by atoms with Crippen molar-refractivity contribution in [2.45, 2.75) is 20.0 Å². The van der Waals surface area contributed by atoms with Crippen molar-refractivity contribution < 1.29 is 9.53 Å². The maximum atomic E-state index is 12.2. The summed E-state index contributed by atoms with van der Waals surface area (Å²) in [6, 6.07) is 12.6. The van der Waals surface area contributed by atoms with Gasteiger partial charge in [0.1, 0.15) is 5.75 Å². The minimum absolute atomic E-state index is 0.0508. The number of ether oxygens (including phenoxy) is 1. The van der Waals surface area contributed by atoms with Crippen LogP contribution < -0.4 is 4.74 Å². The number of Topliss-reactive ketones (excluding diaryl/α,β-unsaturated/α-hetero) is 1. The topological polar surface area (TPSA) is 26.3 Å². The average molecular weight is 354 g/mol. The normalized spacial score (nSPS) is 12.0. The molecule has 0 aliphatic rings. The largest absolute Gasteiger partial charge is 0.483 e. The Morgan fingerprint density at radius 3 is 2.45 bits per heavy atom. The van der Waals surface area contributed by atoms with Crippen molar-refractivity contribution in [2.24, 2.45) is 0 Å². The maximum Gasteiger partial charge on any atom is 0.202 e. The van der Waals surface area contributed by atoms with Crippen molar-refractivity contribution >= 4 is 33.3 Å². The van der Waals surface area contributed by atoms with Crippen molar-refractivity contribution in [1.82, 2.24) is 0 Å². The van der Waals surface area contributed by atoms with Crippen LogP contribution in [-0.4, -0.2) is 11.9 Å². The quantitative estimate of drug-likeness (QED) is 0.718. The second-order valence-electron chi connectivity index (χ2n) is 4.54. The molecule has 0 heterocycles. The van der Waals surface area contributed by atoms with E-state index in [9.17, 15) is 4.79 Å². The Labute approximate surface area is 131 Å². The highest BCUT2D eigenvalue weighted by Crippen LogP contribution is 2.22. The zero-order valence-electron chi connectivity index (χ0n) is 11.2. The Morgan fingerprint density at radius 2 is 1.85 bits per heavy atom. The molecule has 2 aromatic carbocycles. The van der Waals surface area contributed by atoms with Crippen molar-refractivity contribution in [3.05, 3.63) is 63.1 Å². The lowest BCUT2D eigenvalue weighted by Gasteiger charge is -2.14. The second-order valence-corrected chi connectivity index (χ2v) is 5.87. The van der Waals surface area contributed by atoms with Gasteiger partial charge in [-0.15, -0.1) is 0 Å². The van der Waals surface area contributed by atoms with Gasteiger partial charge in [0, 0.05) is 15.1 Å². The molecule has 2 nitrogen and oxygen atoms in total. The van der Waals surface area contributed by atoms with Gasteiger partial charge in [-0.05, 0) is 49.7 Å². The third-order valence-corrected chi connectivity index (χ3v) is 3.89. The zero-order valence-corrected chi connectivity index (χ0v) is 13.5. The first-order valence-corrected chi connectivity index (χ1v) is 7.37.